The third kappa shape index (κ3) is 4.84. The molecule has 2 aromatic heterocycles. The summed E-state index contributed by atoms with van der Waals surface area (Å²) in [5.74, 6) is 1.02. The third-order valence-electron chi connectivity index (χ3n) is 3.36. The topological polar surface area (TPSA) is 59.8 Å². The maximum Gasteiger partial charge on any atom is 0.230 e. The largest absolute Gasteiger partial charge is 0.351 e. The molecule has 3 rings (SSSR count). The Kier molecular flexibility index (Phi) is 6.16. The van der Waals surface area contributed by atoms with E-state index in [2.05, 4.69) is 31.4 Å². The molecule has 9 heteroatoms. The quantitative estimate of drug-likeness (QED) is 0.558. The number of carbonyl (C=O) groups excluding carboxylic acids is 1. The fourth-order valence-corrected chi connectivity index (χ4v) is 4.38. The summed E-state index contributed by atoms with van der Waals surface area (Å²) >= 11 is 12.2. The number of amides is 1. The minimum Gasteiger partial charge on any atom is -0.351 e. The second-order valence-electron chi connectivity index (χ2n) is 5.19. The van der Waals surface area contributed by atoms with Crippen molar-refractivity contribution >= 4 is 56.5 Å². The standard InChI is InChI=1S/C16H14BrClN4OS2/c1-22-15(13-6-11(17)8-24-13)20-21-16(22)25-9-14(23)19-7-10-2-4-12(18)5-3-10/h2-6,8H,7,9H2,1H3,(H,19,23). The van der Waals surface area contributed by atoms with E-state index in [1.54, 1.807) is 11.3 Å². The van der Waals surface area contributed by atoms with E-state index in [-0.39, 0.29) is 11.7 Å². The van der Waals surface area contributed by atoms with Gasteiger partial charge in [0.15, 0.2) is 11.0 Å². The van der Waals surface area contributed by atoms with Crippen molar-refractivity contribution in [3.05, 3.63) is 50.8 Å². The average Bonchev–Trinajstić information content (AvgIpc) is 3.18. The van der Waals surface area contributed by atoms with Crippen LogP contribution in [-0.2, 0) is 18.4 Å². The van der Waals surface area contributed by atoms with Crippen LogP contribution in [0.3, 0.4) is 0 Å². The summed E-state index contributed by atoms with van der Waals surface area (Å²) in [7, 11) is 1.90. The highest BCUT2D eigenvalue weighted by Gasteiger charge is 2.14. The van der Waals surface area contributed by atoms with Gasteiger partial charge in [0, 0.05) is 28.5 Å². The van der Waals surface area contributed by atoms with E-state index < -0.39 is 0 Å². The SMILES string of the molecule is Cn1c(SCC(=O)NCc2ccc(Cl)cc2)nnc1-c1cc(Br)cs1. The van der Waals surface area contributed by atoms with Crippen LogP contribution in [0.4, 0.5) is 0 Å². The second kappa shape index (κ2) is 8.35. The van der Waals surface area contributed by atoms with Crippen LogP contribution in [0.25, 0.3) is 10.7 Å². The van der Waals surface area contributed by atoms with Gasteiger partial charge in [-0.25, -0.2) is 0 Å². The van der Waals surface area contributed by atoms with Crippen molar-refractivity contribution in [1.82, 2.24) is 20.1 Å². The molecule has 5 nitrogen and oxygen atoms in total. The smallest absolute Gasteiger partial charge is 0.230 e. The fraction of sp³-hybridized carbons (Fsp3) is 0.188. The summed E-state index contributed by atoms with van der Waals surface area (Å²) in [5, 5.41) is 14.7. The first-order valence-corrected chi connectivity index (χ1v) is 10.3. The van der Waals surface area contributed by atoms with Gasteiger partial charge >= 0.3 is 0 Å². The van der Waals surface area contributed by atoms with Crippen LogP contribution in [0.5, 0.6) is 0 Å². The molecule has 25 heavy (non-hydrogen) atoms. The molecule has 0 unspecified atom stereocenters. The van der Waals surface area contributed by atoms with Crippen molar-refractivity contribution in [3.8, 4) is 10.7 Å². The molecule has 0 bridgehead atoms. The molecule has 1 amide bonds. The first-order valence-electron chi connectivity index (χ1n) is 7.30. The van der Waals surface area contributed by atoms with Crippen LogP contribution in [0.2, 0.25) is 5.02 Å². The van der Waals surface area contributed by atoms with Gasteiger partial charge in [0.05, 0.1) is 10.6 Å². The number of thioether (sulfide) groups is 1. The number of benzene rings is 1. The predicted molar refractivity (Wildman–Crippen MR) is 106 cm³/mol. The minimum absolute atomic E-state index is 0.0524. The fourth-order valence-electron chi connectivity index (χ4n) is 2.07. The number of hydrogen-bond acceptors (Lipinski definition) is 5. The van der Waals surface area contributed by atoms with Crippen LogP contribution < -0.4 is 5.32 Å². The lowest BCUT2D eigenvalue weighted by Gasteiger charge is -2.05. The lowest BCUT2D eigenvalue weighted by Crippen LogP contribution is -2.24. The molecule has 0 saturated carbocycles. The van der Waals surface area contributed by atoms with Gasteiger partial charge in [-0.1, -0.05) is 35.5 Å². The zero-order valence-corrected chi connectivity index (χ0v) is 17.2. The molecule has 0 spiro atoms. The highest BCUT2D eigenvalue weighted by atomic mass is 79.9. The van der Waals surface area contributed by atoms with Crippen molar-refractivity contribution in [2.75, 3.05) is 5.75 Å². The molecule has 2 heterocycles. The van der Waals surface area contributed by atoms with Crippen molar-refractivity contribution in [2.45, 2.75) is 11.7 Å². The number of nitrogens with zero attached hydrogens (tertiary/aromatic N) is 3. The van der Waals surface area contributed by atoms with Crippen molar-refractivity contribution < 1.29 is 4.79 Å². The van der Waals surface area contributed by atoms with Crippen LogP contribution in [0.15, 0.2) is 45.3 Å². The Hall–Kier alpha value is -1.35. The van der Waals surface area contributed by atoms with E-state index in [9.17, 15) is 4.79 Å². The van der Waals surface area contributed by atoms with Gasteiger partial charge in [0.2, 0.25) is 5.91 Å². The molecular weight excluding hydrogens is 444 g/mol. The van der Waals surface area contributed by atoms with Crippen LogP contribution in [0, 0.1) is 0 Å². The molecule has 0 aliphatic heterocycles. The summed E-state index contributed by atoms with van der Waals surface area (Å²) in [5.41, 5.74) is 1.01. The molecule has 0 radical (unpaired) electrons. The molecule has 130 valence electrons. The molecule has 0 saturated heterocycles. The first kappa shape index (κ1) is 18.4. The zero-order valence-electron chi connectivity index (χ0n) is 13.2. The molecule has 1 N–H and O–H groups in total. The Morgan fingerprint density at radius 3 is 2.80 bits per heavy atom. The zero-order chi connectivity index (χ0) is 17.8. The number of carbonyl (C=O) groups is 1. The van der Waals surface area contributed by atoms with Crippen LogP contribution in [-0.4, -0.2) is 26.4 Å². The first-order chi connectivity index (χ1) is 12.0. The maximum atomic E-state index is 12.0. The summed E-state index contributed by atoms with van der Waals surface area (Å²) in [6, 6.07) is 9.40. The van der Waals surface area contributed by atoms with Gasteiger partial charge in [-0.3, -0.25) is 4.79 Å². The number of nitrogens with one attached hydrogen (secondary N) is 1. The van der Waals surface area contributed by atoms with E-state index in [1.165, 1.54) is 11.8 Å². The molecule has 3 aromatic rings. The highest BCUT2D eigenvalue weighted by molar-refractivity contribution is 9.10. The van der Waals surface area contributed by atoms with E-state index in [0.29, 0.717) is 16.7 Å². The van der Waals surface area contributed by atoms with E-state index in [0.717, 1.165) is 20.7 Å². The van der Waals surface area contributed by atoms with Crippen molar-refractivity contribution in [1.29, 1.82) is 0 Å². The number of halogens is 2. The lowest BCUT2D eigenvalue weighted by atomic mass is 10.2. The molecule has 0 aliphatic carbocycles. The van der Waals surface area contributed by atoms with E-state index >= 15 is 0 Å². The molecule has 0 atom stereocenters. The van der Waals surface area contributed by atoms with Gasteiger partial charge in [0.25, 0.3) is 0 Å². The number of hydrogen-bond donors (Lipinski definition) is 1. The van der Waals surface area contributed by atoms with E-state index in [4.69, 9.17) is 11.6 Å². The van der Waals surface area contributed by atoms with Crippen LogP contribution in [0.1, 0.15) is 5.56 Å². The Morgan fingerprint density at radius 1 is 1.36 bits per heavy atom. The van der Waals surface area contributed by atoms with Crippen LogP contribution >= 0.6 is 50.6 Å². The second-order valence-corrected chi connectivity index (χ2v) is 8.39. The summed E-state index contributed by atoms with van der Waals surface area (Å²) in [4.78, 5) is 13.1. The normalized spacial score (nSPS) is 10.8. The van der Waals surface area contributed by atoms with Gasteiger partial charge in [-0.2, -0.15) is 0 Å². The average molecular weight is 458 g/mol. The van der Waals surface area contributed by atoms with Gasteiger partial charge in [-0.15, -0.1) is 21.5 Å². The Bertz CT molecular complexity index is 879. The van der Waals surface area contributed by atoms with Crippen molar-refractivity contribution in [3.63, 3.8) is 0 Å². The molecule has 0 aliphatic rings. The third-order valence-corrected chi connectivity index (χ3v) is 6.32. The van der Waals surface area contributed by atoms with Crippen molar-refractivity contribution in [2.24, 2.45) is 7.05 Å². The minimum atomic E-state index is -0.0524. The Labute approximate surface area is 166 Å². The number of thiophene rings is 1. The number of aromatic nitrogens is 3. The summed E-state index contributed by atoms with van der Waals surface area (Å²) in [6.07, 6.45) is 0. The molecule has 0 fully saturated rings. The van der Waals surface area contributed by atoms with Gasteiger partial charge < -0.3 is 9.88 Å². The molecule has 1 aromatic carbocycles. The summed E-state index contributed by atoms with van der Waals surface area (Å²) in [6.45, 7) is 0.476. The Balaban J connectivity index is 1.54. The van der Waals surface area contributed by atoms with Gasteiger partial charge in [-0.05, 0) is 39.7 Å². The van der Waals surface area contributed by atoms with Gasteiger partial charge in [0.1, 0.15) is 0 Å². The highest BCUT2D eigenvalue weighted by Crippen LogP contribution is 2.30. The Morgan fingerprint density at radius 2 is 2.12 bits per heavy atom. The number of rotatable bonds is 6. The summed E-state index contributed by atoms with van der Waals surface area (Å²) < 4.78 is 2.92. The monoisotopic (exact) mass is 456 g/mol. The lowest BCUT2D eigenvalue weighted by molar-refractivity contribution is -0.118. The predicted octanol–water partition coefficient (Wildman–Crippen LogP) is 4.37. The maximum absolute atomic E-state index is 12.0. The molecular formula is C16H14BrClN4OS2. The van der Waals surface area contributed by atoms with E-state index in [1.807, 2.05) is 47.3 Å².